The Labute approximate surface area is 92.1 Å². The van der Waals surface area contributed by atoms with Crippen LogP contribution in [0.15, 0.2) is 47.6 Å². The lowest BCUT2D eigenvalue weighted by Crippen LogP contribution is -2.16. The predicted molar refractivity (Wildman–Crippen MR) is 64.4 cm³/mol. The van der Waals surface area contributed by atoms with Crippen molar-refractivity contribution in [3.63, 3.8) is 0 Å². The Morgan fingerprint density at radius 1 is 0.867 bits per heavy atom. The molecule has 3 aliphatic rings. The predicted octanol–water partition coefficient (Wildman–Crippen LogP) is 3.89. The highest BCUT2D eigenvalue weighted by atomic mass is 14.4. The standard InChI is InChI=1S/C15H18/c1-10-3-5-12-9-13-6-4-11(2)8-15(13)14(12)7-10/h3-8,12-15H,9H2,1-2H3. The van der Waals surface area contributed by atoms with Crippen molar-refractivity contribution in [1.82, 2.24) is 0 Å². The summed E-state index contributed by atoms with van der Waals surface area (Å²) in [6.07, 6.45) is 15.7. The van der Waals surface area contributed by atoms with Crippen LogP contribution in [0.5, 0.6) is 0 Å². The summed E-state index contributed by atoms with van der Waals surface area (Å²) in [5.41, 5.74) is 2.88. The van der Waals surface area contributed by atoms with E-state index in [1.54, 1.807) is 0 Å². The van der Waals surface area contributed by atoms with Crippen molar-refractivity contribution in [1.29, 1.82) is 0 Å². The second-order valence-electron chi connectivity index (χ2n) is 5.26. The van der Waals surface area contributed by atoms with Crippen LogP contribution < -0.4 is 0 Å². The third kappa shape index (κ3) is 1.43. The minimum Gasteiger partial charge on any atom is -0.0805 e. The molecule has 0 aromatic rings. The largest absolute Gasteiger partial charge is 0.0805 e. The second kappa shape index (κ2) is 3.23. The van der Waals surface area contributed by atoms with Gasteiger partial charge in [0.25, 0.3) is 0 Å². The van der Waals surface area contributed by atoms with Crippen LogP contribution in [0.2, 0.25) is 0 Å². The Morgan fingerprint density at radius 2 is 1.33 bits per heavy atom. The van der Waals surface area contributed by atoms with Gasteiger partial charge in [-0.25, -0.2) is 0 Å². The zero-order chi connectivity index (χ0) is 10.4. The number of rotatable bonds is 0. The molecule has 1 fully saturated rings. The maximum Gasteiger partial charge on any atom is -0.00956 e. The van der Waals surface area contributed by atoms with Gasteiger partial charge in [0.15, 0.2) is 0 Å². The highest BCUT2D eigenvalue weighted by Gasteiger charge is 2.40. The summed E-state index contributed by atoms with van der Waals surface area (Å²) < 4.78 is 0. The Morgan fingerprint density at radius 3 is 1.80 bits per heavy atom. The molecule has 0 nitrogen and oxygen atoms in total. The van der Waals surface area contributed by atoms with E-state index in [9.17, 15) is 0 Å². The molecular formula is C15H18. The van der Waals surface area contributed by atoms with Gasteiger partial charge in [0.05, 0.1) is 0 Å². The van der Waals surface area contributed by atoms with Crippen molar-refractivity contribution in [3.05, 3.63) is 47.6 Å². The van der Waals surface area contributed by atoms with Crippen molar-refractivity contribution in [3.8, 4) is 0 Å². The smallest absolute Gasteiger partial charge is 0.00956 e. The molecule has 0 heterocycles. The summed E-state index contributed by atoms with van der Waals surface area (Å²) in [5.74, 6) is 3.10. The van der Waals surface area contributed by atoms with Crippen LogP contribution in [-0.2, 0) is 0 Å². The SMILES string of the molecule is CC1=CC2C(C=C1)CC1C=CC(C)=CC12. The van der Waals surface area contributed by atoms with Gasteiger partial charge in [-0.15, -0.1) is 0 Å². The van der Waals surface area contributed by atoms with Crippen LogP contribution in [0.1, 0.15) is 20.3 Å². The fraction of sp³-hybridized carbons (Fsp3) is 0.467. The molecule has 4 atom stereocenters. The highest BCUT2D eigenvalue weighted by Crippen LogP contribution is 2.48. The Kier molecular flexibility index (Phi) is 1.98. The maximum atomic E-state index is 2.48. The van der Waals surface area contributed by atoms with Crippen LogP contribution in [0.3, 0.4) is 0 Å². The van der Waals surface area contributed by atoms with E-state index < -0.39 is 0 Å². The highest BCUT2D eigenvalue weighted by molar-refractivity contribution is 5.33. The van der Waals surface area contributed by atoms with Crippen LogP contribution in [0.25, 0.3) is 0 Å². The maximum absolute atomic E-state index is 2.48. The molecule has 0 heteroatoms. The van der Waals surface area contributed by atoms with Gasteiger partial charge >= 0.3 is 0 Å². The topological polar surface area (TPSA) is 0 Å². The van der Waals surface area contributed by atoms with E-state index in [1.807, 2.05) is 0 Å². The Hall–Kier alpha value is -1.04. The molecular weight excluding hydrogens is 180 g/mol. The lowest BCUT2D eigenvalue weighted by Gasteiger charge is -2.24. The molecule has 1 saturated carbocycles. The summed E-state index contributed by atoms with van der Waals surface area (Å²) in [4.78, 5) is 0. The normalized spacial score (nSPS) is 42.0. The van der Waals surface area contributed by atoms with Gasteiger partial charge in [0.2, 0.25) is 0 Å². The minimum absolute atomic E-state index is 0.764. The van der Waals surface area contributed by atoms with Crippen molar-refractivity contribution in [2.24, 2.45) is 23.7 Å². The molecule has 0 bridgehead atoms. The fourth-order valence-corrected chi connectivity index (χ4v) is 3.35. The molecule has 78 valence electrons. The molecule has 4 unspecified atom stereocenters. The molecule has 0 amide bonds. The first-order valence-corrected chi connectivity index (χ1v) is 5.97. The number of fused-ring (bicyclic) bond motifs is 3. The number of hydrogen-bond donors (Lipinski definition) is 0. The van der Waals surface area contributed by atoms with E-state index in [4.69, 9.17) is 0 Å². The summed E-state index contributed by atoms with van der Waals surface area (Å²) in [6.45, 7) is 4.44. The van der Waals surface area contributed by atoms with Crippen molar-refractivity contribution in [2.75, 3.05) is 0 Å². The number of hydrogen-bond acceptors (Lipinski definition) is 0. The number of allylic oxidation sites excluding steroid dienone is 8. The fourth-order valence-electron chi connectivity index (χ4n) is 3.35. The molecule has 0 aliphatic heterocycles. The quantitative estimate of drug-likeness (QED) is 0.554. The summed E-state index contributed by atoms with van der Waals surface area (Å²) in [5, 5.41) is 0. The zero-order valence-electron chi connectivity index (χ0n) is 9.48. The third-order valence-corrected chi connectivity index (χ3v) is 4.10. The summed E-state index contributed by atoms with van der Waals surface area (Å²) in [7, 11) is 0. The van der Waals surface area contributed by atoms with E-state index in [2.05, 4.69) is 50.3 Å². The first-order chi connectivity index (χ1) is 7.24. The average molecular weight is 198 g/mol. The van der Waals surface area contributed by atoms with Gasteiger partial charge in [-0.3, -0.25) is 0 Å². The van der Waals surface area contributed by atoms with E-state index >= 15 is 0 Å². The van der Waals surface area contributed by atoms with Gasteiger partial charge in [0.1, 0.15) is 0 Å². The summed E-state index contributed by atoms with van der Waals surface area (Å²) in [6, 6.07) is 0. The Bertz CT molecular complexity index is 354. The zero-order valence-corrected chi connectivity index (χ0v) is 9.48. The monoisotopic (exact) mass is 198 g/mol. The minimum atomic E-state index is 0.764. The van der Waals surface area contributed by atoms with Crippen molar-refractivity contribution < 1.29 is 0 Å². The average Bonchev–Trinajstić information content (AvgIpc) is 2.56. The molecule has 0 saturated heterocycles. The van der Waals surface area contributed by atoms with E-state index in [1.165, 1.54) is 17.6 Å². The van der Waals surface area contributed by atoms with E-state index in [-0.39, 0.29) is 0 Å². The van der Waals surface area contributed by atoms with Crippen LogP contribution in [0.4, 0.5) is 0 Å². The van der Waals surface area contributed by atoms with Crippen molar-refractivity contribution >= 4 is 0 Å². The molecule has 3 rings (SSSR count). The molecule has 0 spiro atoms. The summed E-state index contributed by atoms with van der Waals surface area (Å²) >= 11 is 0. The van der Waals surface area contributed by atoms with E-state index in [0.29, 0.717) is 0 Å². The van der Waals surface area contributed by atoms with Crippen LogP contribution in [0, 0.1) is 23.7 Å². The molecule has 0 N–H and O–H groups in total. The molecule has 3 aliphatic carbocycles. The first kappa shape index (κ1) is 9.21. The Balaban J connectivity index is 1.96. The third-order valence-electron chi connectivity index (χ3n) is 4.10. The van der Waals surface area contributed by atoms with Crippen LogP contribution >= 0.6 is 0 Å². The molecule has 0 aromatic carbocycles. The van der Waals surface area contributed by atoms with Crippen molar-refractivity contribution in [2.45, 2.75) is 20.3 Å². The van der Waals surface area contributed by atoms with Gasteiger partial charge in [0, 0.05) is 0 Å². The van der Waals surface area contributed by atoms with Gasteiger partial charge in [-0.1, -0.05) is 47.6 Å². The van der Waals surface area contributed by atoms with E-state index in [0.717, 1.165) is 23.7 Å². The second-order valence-corrected chi connectivity index (χ2v) is 5.26. The first-order valence-electron chi connectivity index (χ1n) is 5.97. The lowest BCUT2D eigenvalue weighted by molar-refractivity contribution is 0.456. The van der Waals surface area contributed by atoms with Gasteiger partial charge in [-0.05, 0) is 43.9 Å². The molecule has 0 radical (unpaired) electrons. The van der Waals surface area contributed by atoms with Gasteiger partial charge < -0.3 is 0 Å². The van der Waals surface area contributed by atoms with Crippen LogP contribution in [-0.4, -0.2) is 0 Å². The van der Waals surface area contributed by atoms with Gasteiger partial charge in [-0.2, -0.15) is 0 Å². The molecule has 0 aromatic heterocycles. The molecule has 15 heavy (non-hydrogen) atoms. The lowest BCUT2D eigenvalue weighted by atomic mass is 9.80.